The van der Waals surface area contributed by atoms with Gasteiger partial charge in [0.05, 0.1) is 10.6 Å². The van der Waals surface area contributed by atoms with Crippen LogP contribution in [-0.4, -0.2) is 48.9 Å². The van der Waals surface area contributed by atoms with Crippen LogP contribution in [-0.2, 0) is 22.9 Å². The van der Waals surface area contributed by atoms with Gasteiger partial charge in [0.25, 0.3) is 0 Å². The first-order chi connectivity index (χ1) is 12.9. The zero-order valence-corrected chi connectivity index (χ0v) is 16.2. The Balaban J connectivity index is 1.60. The molecule has 3 heterocycles. The van der Waals surface area contributed by atoms with E-state index in [1.165, 1.54) is 22.5 Å². The molecule has 0 saturated carbocycles. The van der Waals surface area contributed by atoms with E-state index in [0.717, 1.165) is 54.9 Å². The number of nitrogens with zero attached hydrogens (tertiary/aromatic N) is 4. The Morgan fingerprint density at radius 3 is 2.52 bits per heavy atom. The maximum absolute atomic E-state index is 13.5. The monoisotopic (exact) mass is 390 g/mol. The molecule has 4 rings (SSSR count). The smallest absolute Gasteiger partial charge is 0.243 e. The first-order valence-electron chi connectivity index (χ1n) is 9.32. The van der Waals surface area contributed by atoms with Gasteiger partial charge in [0.2, 0.25) is 16.0 Å². The molecule has 0 unspecified atom stereocenters. The Morgan fingerprint density at radius 1 is 1.04 bits per heavy atom. The SMILES string of the molecule is Cc1nc(N2CCCC2)nc2c1CCN(S(=O)(=O)c1cccc(F)c1)CC2. The standard InChI is InChI=1S/C19H23FN4O2S/c1-14-17-7-11-24(27(25,26)16-6-4-5-15(20)13-16)12-8-18(17)22-19(21-14)23-9-2-3-10-23/h4-6,13H,2-3,7-12H2,1H3. The highest BCUT2D eigenvalue weighted by molar-refractivity contribution is 7.89. The molecule has 0 radical (unpaired) electrons. The lowest BCUT2D eigenvalue weighted by atomic mass is 10.1. The maximum atomic E-state index is 13.5. The van der Waals surface area contributed by atoms with Crippen molar-refractivity contribution in [1.82, 2.24) is 14.3 Å². The van der Waals surface area contributed by atoms with Crippen LogP contribution in [0.4, 0.5) is 10.3 Å². The molecule has 0 amide bonds. The van der Waals surface area contributed by atoms with Gasteiger partial charge in [-0.1, -0.05) is 6.07 Å². The molecule has 6 nitrogen and oxygen atoms in total. The van der Waals surface area contributed by atoms with E-state index in [1.54, 1.807) is 0 Å². The number of aromatic nitrogens is 2. The summed E-state index contributed by atoms with van der Waals surface area (Å²) >= 11 is 0. The van der Waals surface area contributed by atoms with E-state index in [4.69, 9.17) is 4.98 Å². The van der Waals surface area contributed by atoms with Crippen molar-refractivity contribution in [2.24, 2.45) is 0 Å². The summed E-state index contributed by atoms with van der Waals surface area (Å²) in [5, 5.41) is 0. The van der Waals surface area contributed by atoms with Gasteiger partial charge in [-0.25, -0.2) is 22.8 Å². The maximum Gasteiger partial charge on any atom is 0.243 e. The van der Waals surface area contributed by atoms with E-state index in [0.29, 0.717) is 25.9 Å². The van der Waals surface area contributed by atoms with Crippen LogP contribution < -0.4 is 4.90 Å². The largest absolute Gasteiger partial charge is 0.341 e. The van der Waals surface area contributed by atoms with Crippen LogP contribution >= 0.6 is 0 Å². The summed E-state index contributed by atoms with van der Waals surface area (Å²) in [5.41, 5.74) is 2.89. The summed E-state index contributed by atoms with van der Waals surface area (Å²) in [6.07, 6.45) is 3.41. The number of fused-ring (bicyclic) bond motifs is 1. The second kappa shape index (κ2) is 7.16. The lowest BCUT2D eigenvalue weighted by Crippen LogP contribution is -2.33. The second-order valence-electron chi connectivity index (χ2n) is 7.09. The van der Waals surface area contributed by atoms with E-state index >= 15 is 0 Å². The molecule has 1 aromatic heterocycles. The Hall–Kier alpha value is -2.06. The van der Waals surface area contributed by atoms with E-state index in [1.807, 2.05) is 6.92 Å². The molecule has 2 aromatic rings. The minimum Gasteiger partial charge on any atom is -0.341 e. The number of hydrogen-bond donors (Lipinski definition) is 0. The van der Waals surface area contributed by atoms with Crippen molar-refractivity contribution in [3.63, 3.8) is 0 Å². The molecule has 144 valence electrons. The predicted molar refractivity (Wildman–Crippen MR) is 101 cm³/mol. The van der Waals surface area contributed by atoms with Gasteiger partial charge in [-0.05, 0) is 49.9 Å². The molecule has 1 saturated heterocycles. The average molecular weight is 390 g/mol. The number of anilines is 1. The summed E-state index contributed by atoms with van der Waals surface area (Å²) in [7, 11) is -3.73. The second-order valence-corrected chi connectivity index (χ2v) is 9.03. The molecule has 1 fully saturated rings. The molecule has 0 bridgehead atoms. The van der Waals surface area contributed by atoms with Crippen LogP contribution in [0.25, 0.3) is 0 Å². The van der Waals surface area contributed by atoms with Gasteiger partial charge in [-0.15, -0.1) is 0 Å². The van der Waals surface area contributed by atoms with Gasteiger partial charge in [-0.2, -0.15) is 4.31 Å². The number of sulfonamides is 1. The summed E-state index contributed by atoms with van der Waals surface area (Å²) in [4.78, 5) is 11.6. The molecule has 0 atom stereocenters. The van der Waals surface area contributed by atoms with E-state index < -0.39 is 15.8 Å². The van der Waals surface area contributed by atoms with Gasteiger partial charge in [0, 0.05) is 38.3 Å². The highest BCUT2D eigenvalue weighted by Crippen LogP contribution is 2.25. The first kappa shape index (κ1) is 18.3. The van der Waals surface area contributed by atoms with Crippen molar-refractivity contribution in [3.8, 4) is 0 Å². The lowest BCUT2D eigenvalue weighted by molar-refractivity contribution is 0.425. The van der Waals surface area contributed by atoms with Crippen LogP contribution in [0.2, 0.25) is 0 Å². The highest BCUT2D eigenvalue weighted by Gasteiger charge is 2.29. The Labute approximate surface area is 159 Å². The fraction of sp³-hybridized carbons (Fsp3) is 0.474. The molecule has 2 aliphatic heterocycles. The topological polar surface area (TPSA) is 66.4 Å². The van der Waals surface area contributed by atoms with Crippen molar-refractivity contribution in [3.05, 3.63) is 47.0 Å². The van der Waals surface area contributed by atoms with E-state index in [9.17, 15) is 12.8 Å². The van der Waals surface area contributed by atoms with Gasteiger partial charge in [0.1, 0.15) is 5.82 Å². The third kappa shape index (κ3) is 3.55. The van der Waals surface area contributed by atoms with Gasteiger partial charge in [0.15, 0.2) is 0 Å². The third-order valence-electron chi connectivity index (χ3n) is 5.32. The predicted octanol–water partition coefficient (Wildman–Crippen LogP) is 2.31. The van der Waals surface area contributed by atoms with Crippen molar-refractivity contribution in [2.75, 3.05) is 31.1 Å². The lowest BCUT2D eigenvalue weighted by Gasteiger charge is -2.19. The Kier molecular flexibility index (Phi) is 4.86. The zero-order valence-electron chi connectivity index (χ0n) is 15.4. The summed E-state index contributed by atoms with van der Waals surface area (Å²) in [5.74, 6) is 0.205. The van der Waals surface area contributed by atoms with Crippen LogP contribution in [0, 0.1) is 12.7 Å². The molecular weight excluding hydrogens is 367 g/mol. The molecule has 0 aliphatic carbocycles. The fourth-order valence-electron chi connectivity index (χ4n) is 3.83. The molecule has 2 aliphatic rings. The van der Waals surface area contributed by atoms with Crippen LogP contribution in [0.1, 0.15) is 29.8 Å². The number of benzene rings is 1. The highest BCUT2D eigenvalue weighted by atomic mass is 32.2. The molecule has 1 aromatic carbocycles. The Morgan fingerprint density at radius 2 is 1.78 bits per heavy atom. The fourth-order valence-corrected chi connectivity index (χ4v) is 5.30. The van der Waals surface area contributed by atoms with Crippen molar-refractivity contribution < 1.29 is 12.8 Å². The zero-order chi connectivity index (χ0) is 19.0. The normalized spacial score (nSPS) is 18.4. The molecular formula is C19H23FN4O2S. The number of halogens is 1. The molecule has 0 N–H and O–H groups in total. The first-order valence-corrected chi connectivity index (χ1v) is 10.8. The number of hydrogen-bond acceptors (Lipinski definition) is 5. The van der Waals surface area contributed by atoms with Crippen LogP contribution in [0.15, 0.2) is 29.2 Å². The van der Waals surface area contributed by atoms with E-state index in [-0.39, 0.29) is 4.90 Å². The van der Waals surface area contributed by atoms with Crippen LogP contribution in [0.3, 0.4) is 0 Å². The minimum absolute atomic E-state index is 0.00554. The Bertz CT molecular complexity index is 958. The summed E-state index contributed by atoms with van der Waals surface area (Å²) < 4.78 is 40.8. The van der Waals surface area contributed by atoms with Gasteiger partial charge >= 0.3 is 0 Å². The van der Waals surface area contributed by atoms with Gasteiger partial charge in [-0.3, -0.25) is 0 Å². The number of aryl methyl sites for hydroxylation is 1. The van der Waals surface area contributed by atoms with Crippen LogP contribution in [0.5, 0.6) is 0 Å². The molecule has 8 heteroatoms. The van der Waals surface area contributed by atoms with Crippen molar-refractivity contribution in [1.29, 1.82) is 0 Å². The van der Waals surface area contributed by atoms with E-state index in [2.05, 4.69) is 9.88 Å². The summed E-state index contributed by atoms with van der Waals surface area (Å²) in [6, 6.07) is 5.18. The molecule has 27 heavy (non-hydrogen) atoms. The summed E-state index contributed by atoms with van der Waals surface area (Å²) in [6.45, 7) is 4.59. The quantitative estimate of drug-likeness (QED) is 0.805. The number of rotatable bonds is 3. The van der Waals surface area contributed by atoms with Gasteiger partial charge < -0.3 is 4.90 Å². The van der Waals surface area contributed by atoms with Crippen molar-refractivity contribution in [2.45, 2.75) is 37.5 Å². The average Bonchev–Trinajstić information content (AvgIpc) is 3.08. The minimum atomic E-state index is -3.73. The molecule has 0 spiro atoms. The third-order valence-corrected chi connectivity index (χ3v) is 7.21. The van der Waals surface area contributed by atoms with Crippen molar-refractivity contribution >= 4 is 16.0 Å².